The number of amides is 1. The van der Waals surface area contributed by atoms with Crippen LogP contribution in [0.25, 0.3) is 0 Å². The molecule has 18 heavy (non-hydrogen) atoms. The second-order valence-electron chi connectivity index (χ2n) is 4.44. The Morgan fingerprint density at radius 1 is 1.33 bits per heavy atom. The summed E-state index contributed by atoms with van der Waals surface area (Å²) >= 11 is 0. The lowest BCUT2D eigenvalue weighted by Crippen LogP contribution is -2.18. The molecule has 1 unspecified atom stereocenters. The van der Waals surface area contributed by atoms with Crippen LogP contribution < -0.4 is 10.6 Å². The third-order valence-corrected chi connectivity index (χ3v) is 2.75. The van der Waals surface area contributed by atoms with Crippen LogP contribution in [-0.2, 0) is 6.54 Å². The van der Waals surface area contributed by atoms with E-state index in [9.17, 15) is 4.79 Å². The van der Waals surface area contributed by atoms with Crippen molar-refractivity contribution in [1.82, 2.24) is 10.6 Å². The summed E-state index contributed by atoms with van der Waals surface area (Å²) in [6.07, 6.45) is 1.56. The summed E-state index contributed by atoms with van der Waals surface area (Å²) in [5.41, 5.74) is 1.83. The molecule has 3 N–H and O–H groups in total. The van der Waals surface area contributed by atoms with Crippen LogP contribution in [0.2, 0.25) is 0 Å². The van der Waals surface area contributed by atoms with Crippen LogP contribution in [0.3, 0.4) is 0 Å². The molecule has 1 atom stereocenters. The van der Waals surface area contributed by atoms with Crippen LogP contribution in [0.15, 0.2) is 24.3 Å². The van der Waals surface area contributed by atoms with E-state index in [0.717, 1.165) is 31.5 Å². The first-order valence-electron chi connectivity index (χ1n) is 6.33. The molecule has 4 heteroatoms. The van der Waals surface area contributed by atoms with Crippen molar-refractivity contribution in [3.8, 4) is 0 Å². The zero-order chi connectivity index (χ0) is 13.4. The molecule has 1 rings (SSSR count). The largest absolute Gasteiger partial charge is 0.393 e. The van der Waals surface area contributed by atoms with E-state index < -0.39 is 0 Å². The smallest absolute Gasteiger partial charge is 0.251 e. The predicted molar refractivity (Wildman–Crippen MR) is 72.5 cm³/mol. The van der Waals surface area contributed by atoms with Crippen LogP contribution in [0.1, 0.15) is 35.7 Å². The molecule has 0 radical (unpaired) electrons. The van der Waals surface area contributed by atoms with Crippen molar-refractivity contribution >= 4 is 5.91 Å². The van der Waals surface area contributed by atoms with Gasteiger partial charge in [-0.2, -0.15) is 0 Å². The lowest BCUT2D eigenvalue weighted by molar-refractivity contribution is 0.0963. The van der Waals surface area contributed by atoms with Gasteiger partial charge in [-0.1, -0.05) is 12.1 Å². The van der Waals surface area contributed by atoms with E-state index in [1.54, 1.807) is 14.0 Å². The second-order valence-corrected chi connectivity index (χ2v) is 4.44. The van der Waals surface area contributed by atoms with Crippen molar-refractivity contribution in [1.29, 1.82) is 0 Å². The third-order valence-electron chi connectivity index (χ3n) is 2.75. The molecule has 0 aliphatic carbocycles. The van der Waals surface area contributed by atoms with Crippen molar-refractivity contribution in [3.63, 3.8) is 0 Å². The Hall–Kier alpha value is -1.39. The zero-order valence-electron chi connectivity index (χ0n) is 11.1. The molecular formula is C14H22N2O2. The van der Waals surface area contributed by atoms with Gasteiger partial charge in [-0.05, 0) is 44.0 Å². The van der Waals surface area contributed by atoms with Crippen LogP contribution in [0.4, 0.5) is 0 Å². The van der Waals surface area contributed by atoms with Gasteiger partial charge >= 0.3 is 0 Å². The van der Waals surface area contributed by atoms with E-state index in [1.165, 1.54) is 0 Å². The first-order valence-corrected chi connectivity index (χ1v) is 6.33. The van der Waals surface area contributed by atoms with Gasteiger partial charge in [0.2, 0.25) is 0 Å². The molecule has 0 aliphatic rings. The molecule has 0 fully saturated rings. The minimum Gasteiger partial charge on any atom is -0.393 e. The van der Waals surface area contributed by atoms with Crippen LogP contribution in [0, 0.1) is 0 Å². The minimum atomic E-state index is -0.223. The number of hydrogen-bond acceptors (Lipinski definition) is 3. The van der Waals surface area contributed by atoms with Crippen molar-refractivity contribution < 1.29 is 9.90 Å². The van der Waals surface area contributed by atoms with E-state index in [4.69, 9.17) is 5.11 Å². The monoisotopic (exact) mass is 250 g/mol. The first-order chi connectivity index (χ1) is 8.63. The Morgan fingerprint density at radius 3 is 2.56 bits per heavy atom. The fourth-order valence-electron chi connectivity index (χ4n) is 1.67. The fourth-order valence-corrected chi connectivity index (χ4v) is 1.67. The highest BCUT2D eigenvalue weighted by molar-refractivity contribution is 5.93. The topological polar surface area (TPSA) is 61.4 Å². The van der Waals surface area contributed by atoms with E-state index in [0.29, 0.717) is 5.56 Å². The van der Waals surface area contributed by atoms with Crippen LogP contribution in [0.5, 0.6) is 0 Å². The fraction of sp³-hybridized carbons (Fsp3) is 0.500. The average molecular weight is 250 g/mol. The third kappa shape index (κ3) is 5.29. The van der Waals surface area contributed by atoms with Crippen molar-refractivity contribution in [2.75, 3.05) is 13.6 Å². The van der Waals surface area contributed by atoms with Crippen molar-refractivity contribution in [3.05, 3.63) is 35.4 Å². The van der Waals surface area contributed by atoms with Gasteiger partial charge in [0.1, 0.15) is 0 Å². The molecule has 0 bridgehead atoms. The maximum absolute atomic E-state index is 11.3. The average Bonchev–Trinajstić information content (AvgIpc) is 2.38. The van der Waals surface area contributed by atoms with Gasteiger partial charge in [0, 0.05) is 19.2 Å². The number of carbonyl (C=O) groups is 1. The number of nitrogens with one attached hydrogen (secondary N) is 2. The Morgan fingerprint density at radius 2 is 2.00 bits per heavy atom. The normalized spacial score (nSPS) is 12.2. The molecule has 1 aromatic rings. The maximum Gasteiger partial charge on any atom is 0.251 e. The zero-order valence-corrected chi connectivity index (χ0v) is 11.1. The van der Waals surface area contributed by atoms with E-state index in [-0.39, 0.29) is 12.0 Å². The maximum atomic E-state index is 11.3. The summed E-state index contributed by atoms with van der Waals surface area (Å²) in [7, 11) is 1.62. The number of carbonyl (C=O) groups excluding carboxylic acids is 1. The van der Waals surface area contributed by atoms with Crippen LogP contribution in [-0.4, -0.2) is 30.7 Å². The minimum absolute atomic E-state index is 0.0635. The first kappa shape index (κ1) is 14.7. The highest BCUT2D eigenvalue weighted by Gasteiger charge is 2.02. The Balaban J connectivity index is 2.29. The molecule has 0 aromatic heterocycles. The molecule has 4 nitrogen and oxygen atoms in total. The summed E-state index contributed by atoms with van der Waals surface area (Å²) in [5, 5.41) is 15.0. The Bertz CT molecular complexity index is 361. The number of rotatable bonds is 7. The van der Waals surface area contributed by atoms with E-state index in [2.05, 4.69) is 10.6 Å². The van der Waals surface area contributed by atoms with Crippen LogP contribution >= 0.6 is 0 Å². The van der Waals surface area contributed by atoms with Gasteiger partial charge in [0.15, 0.2) is 0 Å². The van der Waals surface area contributed by atoms with Gasteiger partial charge < -0.3 is 15.7 Å². The SMILES string of the molecule is CNC(=O)c1ccc(CNCCCC(C)O)cc1. The predicted octanol–water partition coefficient (Wildman–Crippen LogP) is 1.30. The molecule has 100 valence electrons. The number of benzene rings is 1. The summed E-state index contributed by atoms with van der Waals surface area (Å²) in [5.74, 6) is -0.0635. The van der Waals surface area contributed by atoms with Crippen molar-refractivity contribution in [2.45, 2.75) is 32.4 Å². The molecule has 0 spiro atoms. The number of aliphatic hydroxyl groups excluding tert-OH is 1. The van der Waals surface area contributed by atoms with Gasteiger partial charge in [-0.3, -0.25) is 4.79 Å². The molecule has 0 heterocycles. The summed E-state index contributed by atoms with van der Waals surface area (Å²) in [4.78, 5) is 11.3. The molecule has 0 saturated carbocycles. The molecular weight excluding hydrogens is 228 g/mol. The van der Waals surface area contributed by atoms with Crippen molar-refractivity contribution in [2.24, 2.45) is 0 Å². The highest BCUT2D eigenvalue weighted by Crippen LogP contribution is 2.04. The lowest BCUT2D eigenvalue weighted by atomic mass is 10.1. The standard InChI is InChI=1S/C14H22N2O2/c1-11(17)4-3-9-16-10-12-5-7-13(8-6-12)14(18)15-2/h5-8,11,16-17H,3-4,9-10H2,1-2H3,(H,15,18). The molecule has 1 aromatic carbocycles. The highest BCUT2D eigenvalue weighted by atomic mass is 16.3. The van der Waals surface area contributed by atoms with Gasteiger partial charge in [-0.25, -0.2) is 0 Å². The quantitative estimate of drug-likeness (QED) is 0.639. The lowest BCUT2D eigenvalue weighted by Gasteiger charge is -2.07. The Labute approximate surface area is 108 Å². The summed E-state index contributed by atoms with van der Waals surface area (Å²) in [6.45, 7) is 3.48. The van der Waals surface area contributed by atoms with Gasteiger partial charge in [0.25, 0.3) is 5.91 Å². The van der Waals surface area contributed by atoms with Gasteiger partial charge in [0.05, 0.1) is 6.10 Å². The molecule has 1 amide bonds. The summed E-state index contributed by atoms with van der Waals surface area (Å²) in [6, 6.07) is 7.55. The summed E-state index contributed by atoms with van der Waals surface area (Å²) < 4.78 is 0. The van der Waals surface area contributed by atoms with Gasteiger partial charge in [-0.15, -0.1) is 0 Å². The van der Waals surface area contributed by atoms with E-state index in [1.807, 2.05) is 24.3 Å². The second kappa shape index (κ2) is 7.84. The van der Waals surface area contributed by atoms with E-state index >= 15 is 0 Å². The number of aliphatic hydroxyl groups is 1. The Kier molecular flexibility index (Phi) is 6.39. The molecule has 0 saturated heterocycles. The molecule has 0 aliphatic heterocycles. The number of hydrogen-bond donors (Lipinski definition) is 3.